The Hall–Kier alpha value is -0.0500. The zero-order valence-electron chi connectivity index (χ0n) is 12.2. The molecule has 0 amide bonds. The quantitative estimate of drug-likeness (QED) is 0.493. The van der Waals surface area contributed by atoms with Gasteiger partial charge in [-0.3, -0.25) is 4.57 Å². The predicted octanol–water partition coefficient (Wildman–Crippen LogP) is 5.40. The molecule has 0 bridgehead atoms. The zero-order valence-corrected chi connectivity index (χ0v) is 14.6. The van der Waals surface area contributed by atoms with E-state index < -0.39 is 11.7 Å². The third kappa shape index (κ3) is 5.05. The van der Waals surface area contributed by atoms with E-state index in [9.17, 15) is 4.57 Å². The van der Waals surface area contributed by atoms with E-state index in [1.165, 1.54) is 0 Å². The van der Waals surface area contributed by atoms with Crippen molar-refractivity contribution < 1.29 is 13.6 Å². The van der Waals surface area contributed by atoms with Crippen molar-refractivity contribution in [3.8, 4) is 0 Å². The Morgan fingerprint density at radius 2 is 1.50 bits per heavy atom. The third-order valence-corrected chi connectivity index (χ3v) is 6.23. The van der Waals surface area contributed by atoms with E-state index in [0.717, 1.165) is 5.56 Å². The summed E-state index contributed by atoms with van der Waals surface area (Å²) in [5.74, 6) is 0. The smallest absolute Gasteiger partial charge is 0.304 e. The van der Waals surface area contributed by atoms with Gasteiger partial charge in [0.15, 0.2) is 0 Å². The topological polar surface area (TPSA) is 35.5 Å². The first-order valence-electron chi connectivity index (χ1n) is 6.55. The highest BCUT2D eigenvalue weighted by atomic mass is 35.5. The van der Waals surface area contributed by atoms with Crippen LogP contribution in [-0.2, 0) is 20.0 Å². The minimum absolute atomic E-state index is 0.188. The lowest BCUT2D eigenvalue weighted by Gasteiger charge is -2.31. The van der Waals surface area contributed by atoms with Gasteiger partial charge in [0.2, 0.25) is 4.07 Å². The maximum Gasteiger partial charge on any atom is 0.367 e. The fourth-order valence-corrected chi connectivity index (χ4v) is 4.30. The van der Waals surface area contributed by atoms with Crippen molar-refractivity contribution >= 4 is 30.8 Å². The van der Waals surface area contributed by atoms with Crippen molar-refractivity contribution in [2.75, 3.05) is 0 Å². The van der Waals surface area contributed by atoms with Gasteiger partial charge in [-0.2, -0.15) is 0 Å². The number of rotatable bonds is 7. The molecule has 1 aromatic carbocycles. The van der Waals surface area contributed by atoms with Crippen LogP contribution in [0.4, 0.5) is 0 Å². The van der Waals surface area contributed by atoms with Crippen LogP contribution in [0.1, 0.15) is 33.3 Å². The fraction of sp³-hybridized carbons (Fsp3) is 0.571. The summed E-state index contributed by atoms with van der Waals surface area (Å²) in [5, 5.41) is 0. The average molecular weight is 339 g/mol. The molecule has 6 heteroatoms. The van der Waals surface area contributed by atoms with Crippen LogP contribution < -0.4 is 0 Å². The summed E-state index contributed by atoms with van der Waals surface area (Å²) < 4.78 is 22.2. The van der Waals surface area contributed by atoms with Gasteiger partial charge in [0, 0.05) is 6.42 Å². The van der Waals surface area contributed by atoms with Crippen LogP contribution in [0.25, 0.3) is 0 Å². The predicted molar refractivity (Wildman–Crippen MR) is 84.6 cm³/mol. The molecule has 20 heavy (non-hydrogen) atoms. The van der Waals surface area contributed by atoms with Crippen molar-refractivity contribution in [1.29, 1.82) is 0 Å². The van der Waals surface area contributed by atoms with Gasteiger partial charge < -0.3 is 9.05 Å². The Labute approximate surface area is 131 Å². The van der Waals surface area contributed by atoms with Crippen LogP contribution in [0.2, 0.25) is 0 Å². The Morgan fingerprint density at radius 3 is 1.90 bits per heavy atom. The van der Waals surface area contributed by atoms with E-state index in [1.54, 1.807) is 27.7 Å². The van der Waals surface area contributed by atoms with Crippen LogP contribution >= 0.6 is 30.8 Å². The lowest BCUT2D eigenvalue weighted by molar-refractivity contribution is 0.138. The maximum atomic E-state index is 13.0. The number of hydrogen-bond acceptors (Lipinski definition) is 3. The van der Waals surface area contributed by atoms with Crippen molar-refractivity contribution in [3.05, 3.63) is 35.9 Å². The van der Waals surface area contributed by atoms with E-state index in [4.69, 9.17) is 32.2 Å². The molecule has 1 aromatic rings. The molecule has 0 radical (unpaired) electrons. The van der Waals surface area contributed by atoms with Crippen LogP contribution in [0.15, 0.2) is 30.3 Å². The molecule has 0 spiro atoms. The van der Waals surface area contributed by atoms with Gasteiger partial charge in [-0.05, 0) is 33.3 Å². The first-order valence-corrected chi connectivity index (χ1v) is 8.85. The molecule has 0 aliphatic heterocycles. The molecular weight excluding hydrogens is 318 g/mol. The van der Waals surface area contributed by atoms with E-state index in [1.807, 2.05) is 30.3 Å². The Bertz CT molecular complexity index is 447. The second-order valence-electron chi connectivity index (χ2n) is 5.13. The first kappa shape index (κ1) is 18.0. The second-order valence-corrected chi connectivity index (χ2v) is 9.33. The molecule has 0 aliphatic rings. The number of alkyl halides is 2. The second kappa shape index (κ2) is 7.29. The van der Waals surface area contributed by atoms with Gasteiger partial charge in [0.25, 0.3) is 0 Å². The number of halogens is 2. The van der Waals surface area contributed by atoms with Gasteiger partial charge in [0.1, 0.15) is 0 Å². The lowest BCUT2D eigenvalue weighted by Crippen LogP contribution is -2.24. The Morgan fingerprint density at radius 1 is 1.05 bits per heavy atom. The van der Waals surface area contributed by atoms with Crippen LogP contribution in [0.5, 0.6) is 0 Å². The largest absolute Gasteiger partial charge is 0.367 e. The van der Waals surface area contributed by atoms with Gasteiger partial charge in [-0.25, -0.2) is 0 Å². The summed E-state index contributed by atoms with van der Waals surface area (Å²) in [5.41, 5.74) is 0.873. The molecule has 0 saturated heterocycles. The molecule has 0 heterocycles. The van der Waals surface area contributed by atoms with Crippen LogP contribution in [-0.4, -0.2) is 16.3 Å². The highest BCUT2D eigenvalue weighted by Gasteiger charge is 2.50. The van der Waals surface area contributed by atoms with Gasteiger partial charge >= 0.3 is 7.60 Å². The Balaban J connectivity index is 3.01. The van der Waals surface area contributed by atoms with Crippen molar-refractivity contribution in [2.24, 2.45) is 0 Å². The molecule has 0 fully saturated rings. The highest BCUT2D eigenvalue weighted by Crippen LogP contribution is 2.66. The average Bonchev–Trinajstić information content (AvgIpc) is 2.27. The molecule has 1 rings (SSSR count). The van der Waals surface area contributed by atoms with Crippen LogP contribution in [0.3, 0.4) is 0 Å². The zero-order chi connectivity index (χ0) is 15.4. The van der Waals surface area contributed by atoms with E-state index in [0.29, 0.717) is 0 Å². The molecule has 0 aliphatic carbocycles. The summed E-state index contributed by atoms with van der Waals surface area (Å²) in [7, 11) is -3.67. The lowest BCUT2D eigenvalue weighted by atomic mass is 10.2. The monoisotopic (exact) mass is 338 g/mol. The first-order chi connectivity index (χ1) is 9.16. The molecule has 114 valence electrons. The van der Waals surface area contributed by atoms with Gasteiger partial charge in [-0.1, -0.05) is 53.5 Å². The molecule has 3 nitrogen and oxygen atoms in total. The molecular formula is C14H21Cl2O3P. The highest BCUT2D eigenvalue weighted by molar-refractivity contribution is 7.60. The van der Waals surface area contributed by atoms with E-state index in [-0.39, 0.29) is 18.6 Å². The summed E-state index contributed by atoms with van der Waals surface area (Å²) in [6.07, 6.45) is -0.410. The SMILES string of the molecule is CC(C)OP(=O)(OC(C)C)C(Cl)(Cl)Cc1ccccc1. The molecule has 0 aromatic heterocycles. The molecule has 0 N–H and O–H groups in total. The van der Waals surface area contributed by atoms with Crippen molar-refractivity contribution in [3.63, 3.8) is 0 Å². The van der Waals surface area contributed by atoms with Crippen molar-refractivity contribution in [1.82, 2.24) is 0 Å². The van der Waals surface area contributed by atoms with Crippen molar-refractivity contribution in [2.45, 2.75) is 50.4 Å². The molecule has 0 atom stereocenters. The van der Waals surface area contributed by atoms with E-state index >= 15 is 0 Å². The summed E-state index contributed by atoms with van der Waals surface area (Å²) in [4.78, 5) is 0. The number of hydrogen-bond donors (Lipinski definition) is 0. The van der Waals surface area contributed by atoms with Gasteiger partial charge in [0.05, 0.1) is 12.2 Å². The summed E-state index contributed by atoms with van der Waals surface area (Å²) in [6.45, 7) is 7.07. The summed E-state index contributed by atoms with van der Waals surface area (Å²) >= 11 is 12.6. The normalized spacial score (nSPS) is 13.2. The van der Waals surface area contributed by atoms with Crippen LogP contribution in [0, 0.1) is 0 Å². The summed E-state index contributed by atoms with van der Waals surface area (Å²) in [6, 6.07) is 9.37. The van der Waals surface area contributed by atoms with E-state index in [2.05, 4.69) is 0 Å². The fourth-order valence-electron chi connectivity index (χ4n) is 1.67. The number of benzene rings is 1. The van der Waals surface area contributed by atoms with Gasteiger partial charge in [-0.15, -0.1) is 0 Å². The standard InChI is InChI=1S/C14H21Cl2O3P/c1-11(2)18-20(17,19-12(3)4)14(15,16)10-13-8-6-5-7-9-13/h5-9,11-12H,10H2,1-4H3. The maximum absolute atomic E-state index is 13.0. The Kier molecular flexibility index (Phi) is 6.56. The molecule has 0 unspecified atom stereocenters. The third-order valence-electron chi connectivity index (χ3n) is 2.36. The minimum atomic E-state index is -3.67. The minimum Gasteiger partial charge on any atom is -0.304 e. The molecule has 0 saturated carbocycles.